The van der Waals surface area contributed by atoms with Crippen LogP contribution in [-0.4, -0.2) is 36.5 Å². The highest BCUT2D eigenvalue weighted by Crippen LogP contribution is 2.14. The summed E-state index contributed by atoms with van der Waals surface area (Å²) in [5.41, 5.74) is 0. The Labute approximate surface area is 97.6 Å². The van der Waals surface area contributed by atoms with Gasteiger partial charge in [0.15, 0.2) is 0 Å². The summed E-state index contributed by atoms with van der Waals surface area (Å²) in [7, 11) is 0. The van der Waals surface area contributed by atoms with Gasteiger partial charge in [0, 0.05) is 19.6 Å². The molecule has 1 fully saturated rings. The summed E-state index contributed by atoms with van der Waals surface area (Å²) in [6.45, 7) is 8.89. The van der Waals surface area contributed by atoms with Crippen molar-refractivity contribution in [2.75, 3.05) is 19.6 Å². The van der Waals surface area contributed by atoms with Crippen molar-refractivity contribution in [3.63, 3.8) is 0 Å². The normalized spacial score (nSPS) is 27.3. The molecule has 0 saturated carbocycles. The highest BCUT2D eigenvalue weighted by atomic mass is 16.2. The average molecular weight is 223 g/mol. The van der Waals surface area contributed by atoms with E-state index in [1.165, 1.54) is 0 Å². The number of rotatable bonds is 3. The molecule has 1 aliphatic heterocycles. The lowest BCUT2D eigenvalue weighted by Crippen LogP contribution is -2.45. The van der Waals surface area contributed by atoms with Gasteiger partial charge in [0.05, 0.1) is 12.5 Å². The Morgan fingerprint density at radius 3 is 2.88 bits per heavy atom. The molecule has 0 bridgehead atoms. The van der Waals surface area contributed by atoms with Crippen molar-refractivity contribution in [2.24, 2.45) is 11.8 Å². The van der Waals surface area contributed by atoms with Crippen LogP contribution in [0.4, 0.5) is 0 Å². The van der Waals surface area contributed by atoms with Crippen LogP contribution >= 0.6 is 0 Å². The molecule has 4 nitrogen and oxygen atoms in total. The largest absolute Gasteiger partial charge is 0.354 e. The Balaban J connectivity index is 2.77. The van der Waals surface area contributed by atoms with E-state index in [-0.39, 0.29) is 18.4 Å². The van der Waals surface area contributed by atoms with Crippen molar-refractivity contribution in [3.05, 3.63) is 0 Å². The summed E-state index contributed by atoms with van der Waals surface area (Å²) in [6.07, 6.45) is 0.283. The highest BCUT2D eigenvalue weighted by Gasteiger charge is 2.30. The Morgan fingerprint density at radius 2 is 2.31 bits per heavy atom. The lowest BCUT2D eigenvalue weighted by atomic mass is 10.1. The van der Waals surface area contributed by atoms with E-state index in [0.29, 0.717) is 11.8 Å². The van der Waals surface area contributed by atoms with Crippen LogP contribution in [0.1, 0.15) is 27.2 Å². The quantitative estimate of drug-likeness (QED) is 0.776. The molecule has 1 amide bonds. The van der Waals surface area contributed by atoms with Crippen molar-refractivity contribution in [2.45, 2.75) is 33.2 Å². The number of nitrogens with one attached hydrogen (secondary N) is 1. The summed E-state index contributed by atoms with van der Waals surface area (Å²) in [4.78, 5) is 14.0. The van der Waals surface area contributed by atoms with Gasteiger partial charge in [0.25, 0.3) is 0 Å². The van der Waals surface area contributed by atoms with E-state index in [1.54, 1.807) is 0 Å². The van der Waals surface area contributed by atoms with Gasteiger partial charge >= 0.3 is 0 Å². The molecule has 2 unspecified atom stereocenters. The second kappa shape index (κ2) is 5.86. The van der Waals surface area contributed by atoms with E-state index < -0.39 is 0 Å². The zero-order valence-electron chi connectivity index (χ0n) is 10.4. The molecule has 1 N–H and O–H groups in total. The monoisotopic (exact) mass is 223 g/mol. The molecular formula is C12H21N3O. The van der Waals surface area contributed by atoms with Gasteiger partial charge in [-0.25, -0.2) is 0 Å². The van der Waals surface area contributed by atoms with Crippen LogP contribution in [0.25, 0.3) is 0 Å². The topological polar surface area (TPSA) is 56.1 Å². The van der Waals surface area contributed by atoms with Crippen LogP contribution < -0.4 is 5.32 Å². The SMILES string of the molecule is CC(C)CN1CC(C)CNC(=O)C1CC#N. The molecule has 90 valence electrons. The molecule has 0 aromatic rings. The first kappa shape index (κ1) is 13.0. The van der Waals surface area contributed by atoms with Gasteiger partial charge in [-0.2, -0.15) is 5.26 Å². The minimum atomic E-state index is -0.266. The zero-order valence-corrected chi connectivity index (χ0v) is 10.4. The van der Waals surface area contributed by atoms with Crippen molar-refractivity contribution in [3.8, 4) is 6.07 Å². The molecule has 4 heteroatoms. The Hall–Kier alpha value is -1.08. The highest BCUT2D eigenvalue weighted by molar-refractivity contribution is 5.82. The summed E-state index contributed by atoms with van der Waals surface area (Å²) >= 11 is 0. The van der Waals surface area contributed by atoms with Crippen LogP contribution in [0.5, 0.6) is 0 Å². The number of carbonyl (C=O) groups is 1. The maximum absolute atomic E-state index is 11.8. The number of amides is 1. The van der Waals surface area contributed by atoms with Crippen LogP contribution in [0.3, 0.4) is 0 Å². The minimum absolute atomic E-state index is 0.00606. The van der Waals surface area contributed by atoms with Crippen LogP contribution in [0.2, 0.25) is 0 Å². The molecule has 1 aliphatic rings. The zero-order chi connectivity index (χ0) is 12.1. The van der Waals surface area contributed by atoms with Gasteiger partial charge in [-0.05, 0) is 11.8 Å². The van der Waals surface area contributed by atoms with Crippen molar-refractivity contribution in [1.29, 1.82) is 5.26 Å². The third kappa shape index (κ3) is 3.49. The average Bonchev–Trinajstić information content (AvgIpc) is 2.31. The molecule has 0 aliphatic carbocycles. The predicted molar refractivity (Wildman–Crippen MR) is 62.6 cm³/mol. The Morgan fingerprint density at radius 1 is 1.62 bits per heavy atom. The summed E-state index contributed by atoms with van der Waals surface area (Å²) < 4.78 is 0. The molecule has 0 aromatic carbocycles. The molecular weight excluding hydrogens is 202 g/mol. The number of hydrogen-bond acceptors (Lipinski definition) is 3. The number of hydrogen-bond donors (Lipinski definition) is 1. The standard InChI is InChI=1S/C12H21N3O/c1-9(2)7-15-8-10(3)6-14-12(16)11(15)4-5-13/h9-11H,4,6-8H2,1-3H3,(H,14,16). The van der Waals surface area contributed by atoms with E-state index in [4.69, 9.17) is 5.26 Å². The summed E-state index contributed by atoms with van der Waals surface area (Å²) in [5.74, 6) is 0.970. The fraction of sp³-hybridized carbons (Fsp3) is 0.833. The molecule has 0 aromatic heterocycles. The van der Waals surface area contributed by atoms with Gasteiger partial charge in [-0.3, -0.25) is 9.69 Å². The Bertz CT molecular complexity index is 282. The molecule has 16 heavy (non-hydrogen) atoms. The van der Waals surface area contributed by atoms with Gasteiger partial charge in [-0.1, -0.05) is 20.8 Å². The van der Waals surface area contributed by atoms with Crippen LogP contribution in [-0.2, 0) is 4.79 Å². The third-order valence-corrected chi connectivity index (χ3v) is 2.80. The number of nitrogens with zero attached hydrogens (tertiary/aromatic N) is 2. The first-order valence-corrected chi connectivity index (χ1v) is 5.93. The predicted octanol–water partition coefficient (Wildman–Crippen LogP) is 0.993. The van der Waals surface area contributed by atoms with Crippen molar-refractivity contribution in [1.82, 2.24) is 10.2 Å². The second-order valence-electron chi connectivity index (χ2n) is 5.08. The summed E-state index contributed by atoms with van der Waals surface area (Å²) in [6, 6.07) is 1.84. The Kier molecular flexibility index (Phi) is 4.75. The van der Waals surface area contributed by atoms with Crippen LogP contribution in [0, 0.1) is 23.2 Å². The third-order valence-electron chi connectivity index (χ3n) is 2.80. The van der Waals surface area contributed by atoms with Crippen molar-refractivity contribution < 1.29 is 4.79 Å². The fourth-order valence-corrected chi connectivity index (χ4v) is 2.13. The van der Waals surface area contributed by atoms with Crippen molar-refractivity contribution >= 4 is 5.91 Å². The maximum atomic E-state index is 11.8. The van der Waals surface area contributed by atoms with Crippen LogP contribution in [0.15, 0.2) is 0 Å². The molecule has 0 radical (unpaired) electrons. The maximum Gasteiger partial charge on any atom is 0.238 e. The van der Waals surface area contributed by atoms with Gasteiger partial charge in [0.2, 0.25) is 5.91 Å². The van der Waals surface area contributed by atoms with E-state index >= 15 is 0 Å². The smallest absolute Gasteiger partial charge is 0.238 e. The number of carbonyl (C=O) groups excluding carboxylic acids is 1. The fourth-order valence-electron chi connectivity index (χ4n) is 2.13. The molecule has 1 heterocycles. The van der Waals surface area contributed by atoms with E-state index in [9.17, 15) is 4.79 Å². The van der Waals surface area contributed by atoms with Gasteiger partial charge < -0.3 is 5.32 Å². The summed E-state index contributed by atoms with van der Waals surface area (Å²) in [5, 5.41) is 11.7. The molecule has 1 saturated heterocycles. The van der Waals surface area contributed by atoms with Gasteiger partial charge in [0.1, 0.15) is 6.04 Å². The van der Waals surface area contributed by atoms with E-state index in [2.05, 4.69) is 37.1 Å². The van der Waals surface area contributed by atoms with E-state index in [1.807, 2.05) is 0 Å². The molecule has 2 atom stereocenters. The lowest BCUT2D eigenvalue weighted by Gasteiger charge is -2.29. The van der Waals surface area contributed by atoms with E-state index in [0.717, 1.165) is 19.6 Å². The van der Waals surface area contributed by atoms with Gasteiger partial charge in [-0.15, -0.1) is 0 Å². The molecule has 1 rings (SSSR count). The minimum Gasteiger partial charge on any atom is -0.354 e. The molecule has 0 spiro atoms. The number of nitriles is 1. The first-order valence-electron chi connectivity index (χ1n) is 5.93. The first-order chi connectivity index (χ1) is 7.54. The second-order valence-corrected chi connectivity index (χ2v) is 5.08. The lowest BCUT2D eigenvalue weighted by molar-refractivity contribution is -0.125.